The van der Waals surface area contributed by atoms with Gasteiger partial charge in [-0.2, -0.15) is 0 Å². The summed E-state index contributed by atoms with van der Waals surface area (Å²) in [6, 6.07) is 9.66. The summed E-state index contributed by atoms with van der Waals surface area (Å²) in [6.07, 6.45) is 8.75. The molecule has 1 spiro atoms. The van der Waals surface area contributed by atoms with Gasteiger partial charge < -0.3 is 40.4 Å². The number of carbonyl (C=O) groups is 4. The summed E-state index contributed by atoms with van der Waals surface area (Å²) in [7, 11) is 2.17. The Morgan fingerprint density at radius 2 is 1.60 bits per heavy atom. The number of amides is 4. The second-order valence-electron chi connectivity index (χ2n) is 22.1. The average molecular weight is 967 g/mol. The highest BCUT2D eigenvalue weighted by Crippen LogP contribution is 2.37. The van der Waals surface area contributed by atoms with Crippen LogP contribution >= 0.6 is 0 Å². The molecule has 9 rings (SSSR count). The highest BCUT2D eigenvalue weighted by Gasteiger charge is 2.43. The summed E-state index contributed by atoms with van der Waals surface area (Å²) in [5.74, 6) is -0.380. The quantitative estimate of drug-likeness (QED) is 0.105. The van der Waals surface area contributed by atoms with Crippen LogP contribution < -0.4 is 31.1 Å². The van der Waals surface area contributed by atoms with Crippen LogP contribution in [0.3, 0.4) is 0 Å². The van der Waals surface area contributed by atoms with Crippen molar-refractivity contribution >= 4 is 46.6 Å². The number of piperazine rings is 1. The van der Waals surface area contributed by atoms with Crippen molar-refractivity contribution in [2.24, 2.45) is 10.8 Å². The molecule has 5 saturated heterocycles. The molecule has 6 aliphatic heterocycles. The number of hydrogen-bond acceptors (Lipinski definition) is 13. The third-order valence-electron chi connectivity index (χ3n) is 16.1. The molecule has 7 heterocycles. The van der Waals surface area contributed by atoms with Crippen molar-refractivity contribution in [3.8, 4) is 0 Å². The Bertz CT molecular complexity index is 2420. The molecule has 0 bridgehead atoms. The normalized spacial score (nSPS) is 23.8. The van der Waals surface area contributed by atoms with Gasteiger partial charge in [-0.3, -0.25) is 29.4 Å². The van der Waals surface area contributed by atoms with Gasteiger partial charge in [-0.1, -0.05) is 26.8 Å². The standard InChI is InChI=1S/C52H72F2N12O4/c1-50(2)11-21-62(22-12-50)30-36-27-40(54)43(28-39(36)53)65-32-47(68)60-52(34-65)15-24-64(25-16-52)45-29-44(57-35-58-45)56-18-26-61(4)20-13-51(3)14-23-63(33-51)19-6-17-55-41-8-5-7-37-38(41)31-66(49(37)70)42-9-10-46(67)59-48(42)69/h5,7-8,27-29,35,42,55H,6,9-26,30-34H2,1-4H3,(H,60,68)(H,56,57,58)(H,59,67,69)/t42?,51-/m1/s1. The molecule has 2 aromatic carbocycles. The average Bonchev–Trinajstić information content (AvgIpc) is 3.88. The van der Waals surface area contributed by atoms with Crippen LogP contribution in [-0.2, 0) is 27.5 Å². The van der Waals surface area contributed by atoms with Gasteiger partial charge in [-0.15, -0.1) is 0 Å². The Balaban J connectivity index is 0.678. The van der Waals surface area contributed by atoms with Gasteiger partial charge in [0.25, 0.3) is 5.91 Å². The summed E-state index contributed by atoms with van der Waals surface area (Å²) in [6.45, 7) is 17.5. The highest BCUT2D eigenvalue weighted by molar-refractivity contribution is 6.06. The smallest absolute Gasteiger partial charge is 0.255 e. The predicted octanol–water partition coefficient (Wildman–Crippen LogP) is 5.06. The van der Waals surface area contributed by atoms with Crippen molar-refractivity contribution in [1.82, 2.24) is 40.2 Å². The van der Waals surface area contributed by atoms with Crippen LogP contribution in [0.1, 0.15) is 100 Å². The van der Waals surface area contributed by atoms with Gasteiger partial charge in [0.2, 0.25) is 17.7 Å². The molecule has 378 valence electrons. The van der Waals surface area contributed by atoms with Crippen LogP contribution in [0.15, 0.2) is 42.7 Å². The summed E-state index contributed by atoms with van der Waals surface area (Å²) in [5, 5.41) is 12.6. The van der Waals surface area contributed by atoms with Crippen molar-refractivity contribution in [3.05, 3.63) is 71.1 Å². The minimum atomic E-state index is -0.624. The minimum absolute atomic E-state index is 0.0153. The predicted molar refractivity (Wildman–Crippen MR) is 267 cm³/mol. The number of rotatable bonds is 17. The Morgan fingerprint density at radius 1 is 0.814 bits per heavy atom. The van der Waals surface area contributed by atoms with Crippen LogP contribution in [0.5, 0.6) is 0 Å². The number of likely N-dealkylation sites (N-methyl/N-ethyl adjacent to an activating group) is 1. The number of hydrogen-bond donors (Lipinski definition) is 4. The molecule has 3 aromatic rings. The number of likely N-dealkylation sites (tertiary alicyclic amines) is 2. The second-order valence-corrected chi connectivity index (χ2v) is 22.1. The van der Waals surface area contributed by atoms with Gasteiger partial charge >= 0.3 is 0 Å². The molecule has 1 aromatic heterocycles. The van der Waals surface area contributed by atoms with E-state index in [4.69, 9.17) is 0 Å². The van der Waals surface area contributed by atoms with Crippen molar-refractivity contribution in [1.29, 1.82) is 0 Å². The topological polar surface area (TPSA) is 162 Å². The number of nitrogens with zero attached hydrogens (tertiary/aromatic N) is 8. The van der Waals surface area contributed by atoms with E-state index in [-0.39, 0.29) is 47.2 Å². The maximum absolute atomic E-state index is 15.7. The molecule has 0 radical (unpaired) electrons. The Morgan fingerprint density at radius 3 is 2.39 bits per heavy atom. The number of nitrogens with one attached hydrogen (secondary N) is 4. The highest BCUT2D eigenvalue weighted by atomic mass is 19.1. The molecule has 0 saturated carbocycles. The SMILES string of the molecule is CN(CCNc1cc(N2CCC3(CC2)CN(c2cc(F)c(CN4CCC(C)(C)CC4)cc2F)CC(=O)N3)ncn1)CC[C@]1(C)CCN(CCCNc2cccc3c2CN(C2CCC(=O)NC2=O)C3=O)C1. The fourth-order valence-electron chi connectivity index (χ4n) is 11.4. The lowest BCUT2D eigenvalue weighted by Gasteiger charge is -2.48. The molecular weight excluding hydrogens is 895 g/mol. The van der Waals surface area contributed by atoms with Crippen molar-refractivity contribution < 1.29 is 28.0 Å². The van der Waals surface area contributed by atoms with Crippen LogP contribution in [0.4, 0.5) is 31.8 Å². The van der Waals surface area contributed by atoms with Gasteiger partial charge in [0.05, 0.1) is 17.8 Å². The minimum Gasteiger partial charge on any atom is -0.385 e. The largest absolute Gasteiger partial charge is 0.385 e. The monoisotopic (exact) mass is 967 g/mol. The molecule has 4 N–H and O–H groups in total. The van der Waals surface area contributed by atoms with E-state index in [2.05, 4.69) is 78.7 Å². The third kappa shape index (κ3) is 11.5. The zero-order valence-corrected chi connectivity index (χ0v) is 41.6. The van der Waals surface area contributed by atoms with Gasteiger partial charge in [0, 0.05) is 99.8 Å². The van der Waals surface area contributed by atoms with Crippen LogP contribution in [0.2, 0.25) is 0 Å². The number of benzene rings is 2. The number of anilines is 4. The number of piperidine rings is 3. The molecule has 0 aliphatic carbocycles. The molecule has 18 heteroatoms. The van der Waals surface area contributed by atoms with Gasteiger partial charge in [-0.05, 0) is 120 Å². The van der Waals surface area contributed by atoms with E-state index >= 15 is 8.78 Å². The van der Waals surface area contributed by atoms with Gasteiger partial charge in [0.15, 0.2) is 0 Å². The lowest BCUT2D eigenvalue weighted by Crippen LogP contribution is -2.66. The van der Waals surface area contributed by atoms with E-state index in [1.165, 1.54) is 12.1 Å². The van der Waals surface area contributed by atoms with Gasteiger partial charge in [-0.25, -0.2) is 18.7 Å². The molecule has 4 amide bonds. The lowest BCUT2D eigenvalue weighted by atomic mass is 9.82. The van der Waals surface area contributed by atoms with Crippen molar-refractivity contribution in [2.45, 2.75) is 103 Å². The molecule has 70 heavy (non-hydrogen) atoms. The summed E-state index contributed by atoms with van der Waals surface area (Å²) in [4.78, 5) is 72.2. The van der Waals surface area contributed by atoms with Crippen molar-refractivity contribution in [3.63, 3.8) is 0 Å². The first-order valence-corrected chi connectivity index (χ1v) is 25.5. The molecule has 5 fully saturated rings. The molecule has 2 atom stereocenters. The number of halogens is 2. The Labute approximate surface area is 411 Å². The van der Waals surface area contributed by atoms with E-state index in [9.17, 15) is 19.2 Å². The van der Waals surface area contributed by atoms with Crippen molar-refractivity contribution in [2.75, 3.05) is 113 Å². The fourth-order valence-corrected chi connectivity index (χ4v) is 11.4. The summed E-state index contributed by atoms with van der Waals surface area (Å²) < 4.78 is 31.2. The van der Waals surface area contributed by atoms with E-state index in [1.807, 2.05) is 24.3 Å². The van der Waals surface area contributed by atoms with E-state index in [1.54, 1.807) is 16.1 Å². The number of imide groups is 1. The molecular formula is C52H72F2N12O4. The summed E-state index contributed by atoms with van der Waals surface area (Å²) >= 11 is 0. The third-order valence-corrected chi connectivity index (χ3v) is 16.1. The first-order chi connectivity index (χ1) is 33.5. The second kappa shape index (κ2) is 20.7. The fraction of sp³-hybridized carbons (Fsp3) is 0.615. The number of carbonyl (C=O) groups excluding carboxylic acids is 4. The lowest BCUT2D eigenvalue weighted by molar-refractivity contribution is -0.137. The maximum atomic E-state index is 15.7. The number of aromatic nitrogens is 2. The van der Waals surface area contributed by atoms with Gasteiger partial charge in [0.1, 0.15) is 35.6 Å². The zero-order valence-electron chi connectivity index (χ0n) is 41.6. The number of fused-ring (bicyclic) bond motifs is 1. The molecule has 1 unspecified atom stereocenters. The zero-order chi connectivity index (χ0) is 49.2. The first-order valence-electron chi connectivity index (χ1n) is 25.5. The van der Waals surface area contributed by atoms with Crippen LogP contribution in [0.25, 0.3) is 0 Å². The van der Waals surface area contributed by atoms with E-state index in [0.717, 1.165) is 114 Å². The maximum Gasteiger partial charge on any atom is 0.255 e. The van der Waals surface area contributed by atoms with E-state index < -0.39 is 29.1 Å². The Kier molecular flexibility index (Phi) is 14.7. The van der Waals surface area contributed by atoms with E-state index in [0.29, 0.717) is 63.1 Å². The van der Waals surface area contributed by atoms with Crippen LogP contribution in [-0.4, -0.2) is 157 Å². The first kappa shape index (κ1) is 49.5. The molecule has 16 nitrogen and oxygen atoms in total. The summed E-state index contributed by atoms with van der Waals surface area (Å²) in [5.41, 5.74) is 2.92. The Hall–Kier alpha value is -5.46. The van der Waals surface area contributed by atoms with Crippen LogP contribution in [0, 0.1) is 22.5 Å². The molecule has 6 aliphatic rings.